The minimum Gasteiger partial charge on any atom is -0.322 e. The molecule has 0 saturated carbocycles. The molecule has 5 aromatic rings. The predicted molar refractivity (Wildman–Crippen MR) is 133 cm³/mol. The summed E-state index contributed by atoms with van der Waals surface area (Å²) in [6.07, 6.45) is 1.70. The first-order valence-electron chi connectivity index (χ1n) is 11.1. The quantitative estimate of drug-likeness (QED) is 0.427. The van der Waals surface area contributed by atoms with Crippen LogP contribution >= 0.6 is 0 Å². The molecule has 0 bridgehead atoms. The highest BCUT2D eigenvalue weighted by molar-refractivity contribution is 6.05. The Labute approximate surface area is 196 Å². The second-order valence-corrected chi connectivity index (χ2v) is 8.43. The van der Waals surface area contributed by atoms with Crippen molar-refractivity contribution in [1.82, 2.24) is 18.7 Å². The summed E-state index contributed by atoms with van der Waals surface area (Å²) >= 11 is 0. The van der Waals surface area contributed by atoms with Crippen molar-refractivity contribution in [3.8, 4) is 5.69 Å². The lowest BCUT2D eigenvalue weighted by Gasteiger charge is -2.13. The number of para-hydroxylation sites is 1. The Morgan fingerprint density at radius 3 is 2.53 bits per heavy atom. The average Bonchev–Trinajstić information content (AvgIpc) is 3.30. The van der Waals surface area contributed by atoms with E-state index in [1.807, 2.05) is 62.4 Å². The van der Waals surface area contributed by atoms with Crippen molar-refractivity contribution in [2.45, 2.75) is 27.3 Å². The first-order chi connectivity index (χ1) is 16.4. The Balaban J connectivity index is 1.39. The second kappa shape index (κ2) is 8.51. The van der Waals surface area contributed by atoms with Crippen LogP contribution in [0.4, 0.5) is 5.69 Å². The van der Waals surface area contributed by atoms with E-state index in [2.05, 4.69) is 34.0 Å². The number of anilines is 1. The van der Waals surface area contributed by atoms with Gasteiger partial charge in [-0.2, -0.15) is 0 Å². The predicted octanol–water partition coefficient (Wildman–Crippen LogP) is 4.51. The summed E-state index contributed by atoms with van der Waals surface area (Å²) in [6, 6.07) is 23.0. The number of hydrogen-bond acceptors (Lipinski definition) is 3. The lowest BCUT2D eigenvalue weighted by molar-refractivity contribution is 0.102. The van der Waals surface area contributed by atoms with Crippen LogP contribution in [0.1, 0.15) is 32.9 Å². The number of nitrogens with one attached hydrogen (secondary N) is 1. The molecular formula is C27H25N5O2. The summed E-state index contributed by atoms with van der Waals surface area (Å²) in [6.45, 7) is 6.34. The molecule has 1 amide bonds. The van der Waals surface area contributed by atoms with Gasteiger partial charge in [-0.15, -0.1) is 5.10 Å². The Kier molecular flexibility index (Phi) is 5.37. The minimum absolute atomic E-state index is 0.171. The van der Waals surface area contributed by atoms with E-state index in [9.17, 15) is 9.59 Å². The van der Waals surface area contributed by atoms with E-state index in [0.29, 0.717) is 23.4 Å². The molecule has 0 spiro atoms. The van der Waals surface area contributed by atoms with Crippen molar-refractivity contribution in [1.29, 1.82) is 0 Å². The highest BCUT2D eigenvalue weighted by atomic mass is 16.2. The number of carbonyl (C=O) groups excluding carboxylic acids is 1. The fraction of sp³-hybridized carbons (Fsp3) is 0.148. The summed E-state index contributed by atoms with van der Waals surface area (Å²) in [7, 11) is 0. The Morgan fingerprint density at radius 1 is 0.941 bits per heavy atom. The zero-order valence-corrected chi connectivity index (χ0v) is 19.3. The molecule has 0 fully saturated rings. The van der Waals surface area contributed by atoms with Gasteiger partial charge in [0.25, 0.3) is 5.91 Å². The number of rotatable bonds is 5. The summed E-state index contributed by atoms with van der Waals surface area (Å²) in [4.78, 5) is 25.7. The molecular weight excluding hydrogens is 426 g/mol. The normalized spacial score (nSPS) is 11.1. The van der Waals surface area contributed by atoms with Gasteiger partial charge in [0.15, 0.2) is 5.65 Å². The number of aromatic nitrogens is 4. The molecule has 7 heteroatoms. The highest BCUT2D eigenvalue weighted by Gasteiger charge is 2.18. The van der Waals surface area contributed by atoms with Crippen molar-refractivity contribution in [3.05, 3.63) is 118 Å². The van der Waals surface area contributed by atoms with Crippen LogP contribution in [0.5, 0.6) is 0 Å². The van der Waals surface area contributed by atoms with Gasteiger partial charge in [-0.25, -0.2) is 9.48 Å². The number of aryl methyl sites for hydroxylation is 2. The van der Waals surface area contributed by atoms with Crippen molar-refractivity contribution >= 4 is 17.2 Å². The molecule has 34 heavy (non-hydrogen) atoms. The lowest BCUT2D eigenvalue weighted by Crippen LogP contribution is -2.21. The maximum absolute atomic E-state index is 13.2. The van der Waals surface area contributed by atoms with Gasteiger partial charge in [-0.3, -0.25) is 9.20 Å². The van der Waals surface area contributed by atoms with Crippen molar-refractivity contribution < 1.29 is 4.79 Å². The molecule has 2 aromatic carbocycles. The summed E-state index contributed by atoms with van der Waals surface area (Å²) < 4.78 is 5.04. The number of hydrogen-bond donors (Lipinski definition) is 1. The molecule has 1 N–H and O–H groups in total. The Bertz CT molecular complexity index is 1590. The molecule has 0 aliphatic carbocycles. The summed E-state index contributed by atoms with van der Waals surface area (Å²) in [5.74, 6) is -0.171. The molecule has 0 aliphatic heterocycles. The van der Waals surface area contributed by atoms with Crippen molar-refractivity contribution in [2.24, 2.45) is 0 Å². The molecule has 3 heterocycles. The number of pyridine rings is 1. The van der Waals surface area contributed by atoms with E-state index in [4.69, 9.17) is 0 Å². The van der Waals surface area contributed by atoms with Gasteiger partial charge >= 0.3 is 5.69 Å². The number of fused-ring (bicyclic) bond motifs is 1. The molecule has 5 rings (SSSR count). The van der Waals surface area contributed by atoms with E-state index in [0.717, 1.165) is 28.2 Å². The molecule has 7 nitrogen and oxygen atoms in total. The van der Waals surface area contributed by atoms with Crippen LogP contribution in [-0.2, 0) is 6.54 Å². The second-order valence-electron chi connectivity index (χ2n) is 8.43. The third-order valence-corrected chi connectivity index (χ3v) is 6.04. The third kappa shape index (κ3) is 3.81. The van der Waals surface area contributed by atoms with Crippen molar-refractivity contribution in [2.75, 3.05) is 5.32 Å². The summed E-state index contributed by atoms with van der Waals surface area (Å²) in [5, 5.41) is 7.39. The van der Waals surface area contributed by atoms with E-state index >= 15 is 0 Å². The van der Waals surface area contributed by atoms with Gasteiger partial charge in [0.1, 0.15) is 0 Å². The third-order valence-electron chi connectivity index (χ3n) is 6.04. The van der Waals surface area contributed by atoms with Crippen LogP contribution < -0.4 is 11.0 Å². The molecule has 0 saturated heterocycles. The Morgan fingerprint density at radius 2 is 1.74 bits per heavy atom. The minimum atomic E-state index is -0.200. The van der Waals surface area contributed by atoms with Crippen LogP contribution in [-0.4, -0.2) is 24.7 Å². The monoisotopic (exact) mass is 451 g/mol. The maximum Gasteiger partial charge on any atom is 0.350 e. The largest absolute Gasteiger partial charge is 0.350 e. The first-order valence-corrected chi connectivity index (χ1v) is 11.1. The molecule has 3 aromatic heterocycles. The molecule has 170 valence electrons. The van der Waals surface area contributed by atoms with Gasteiger partial charge in [-0.1, -0.05) is 36.4 Å². The van der Waals surface area contributed by atoms with Gasteiger partial charge in [0.05, 0.1) is 12.1 Å². The van der Waals surface area contributed by atoms with Crippen LogP contribution in [0.3, 0.4) is 0 Å². The fourth-order valence-corrected chi connectivity index (χ4v) is 4.37. The maximum atomic E-state index is 13.2. The lowest BCUT2D eigenvalue weighted by atomic mass is 10.1. The standard InChI is InChI=1S/C27H25N5O2/c1-18-9-4-5-12-24(18)32-19(2)15-23(20(32)3)26(33)28-22-11-8-10-21(16-22)17-31-27(34)30-14-7-6-13-25(30)29-31/h4-16H,17H2,1-3H3,(H,28,33). The number of carbonyl (C=O) groups is 1. The van der Waals surface area contributed by atoms with Gasteiger partial charge in [-0.05, 0) is 68.3 Å². The molecule has 0 radical (unpaired) electrons. The van der Waals surface area contributed by atoms with Crippen LogP contribution in [0.25, 0.3) is 11.3 Å². The highest BCUT2D eigenvalue weighted by Crippen LogP contribution is 2.24. The zero-order valence-electron chi connectivity index (χ0n) is 19.3. The number of amides is 1. The van der Waals surface area contributed by atoms with Crippen LogP contribution in [0.15, 0.2) is 83.8 Å². The molecule has 0 unspecified atom stereocenters. The van der Waals surface area contributed by atoms with Gasteiger partial charge < -0.3 is 9.88 Å². The Hall–Kier alpha value is -4.39. The van der Waals surface area contributed by atoms with Crippen molar-refractivity contribution in [3.63, 3.8) is 0 Å². The zero-order chi connectivity index (χ0) is 23.8. The molecule has 0 atom stereocenters. The average molecular weight is 452 g/mol. The summed E-state index contributed by atoms with van der Waals surface area (Å²) in [5.41, 5.74) is 6.65. The SMILES string of the molecule is Cc1ccccc1-n1c(C)cc(C(=O)Nc2cccc(Cn3nc4ccccn4c3=O)c2)c1C. The van der Waals surface area contributed by atoms with E-state index in [1.54, 1.807) is 18.3 Å². The van der Waals surface area contributed by atoms with Gasteiger partial charge in [0.2, 0.25) is 0 Å². The smallest absolute Gasteiger partial charge is 0.322 e. The van der Waals surface area contributed by atoms with E-state index in [1.165, 1.54) is 9.08 Å². The van der Waals surface area contributed by atoms with E-state index in [-0.39, 0.29) is 11.6 Å². The topological polar surface area (TPSA) is 73.3 Å². The van der Waals surface area contributed by atoms with Crippen LogP contribution in [0, 0.1) is 20.8 Å². The molecule has 0 aliphatic rings. The fourth-order valence-electron chi connectivity index (χ4n) is 4.37. The van der Waals surface area contributed by atoms with Gasteiger partial charge in [0, 0.05) is 29.0 Å². The number of nitrogens with zero attached hydrogens (tertiary/aromatic N) is 4. The van der Waals surface area contributed by atoms with Crippen LogP contribution in [0.2, 0.25) is 0 Å². The van der Waals surface area contributed by atoms with E-state index < -0.39 is 0 Å². The first kappa shape index (κ1) is 21.5. The number of benzene rings is 2.